The molecule has 0 aliphatic carbocycles. The maximum atomic E-state index is 4.17. The minimum absolute atomic E-state index is 0.603. The van der Waals surface area contributed by atoms with E-state index in [0.717, 1.165) is 13.1 Å². The Kier molecular flexibility index (Phi) is 6.57. The molecule has 0 aromatic carbocycles. The van der Waals surface area contributed by atoms with Crippen LogP contribution in [0.3, 0.4) is 0 Å². The summed E-state index contributed by atoms with van der Waals surface area (Å²) in [4.78, 5) is 1.25. The molecule has 0 saturated heterocycles. The van der Waals surface area contributed by atoms with Gasteiger partial charge >= 0.3 is 0 Å². The van der Waals surface area contributed by atoms with E-state index in [9.17, 15) is 0 Å². The van der Waals surface area contributed by atoms with E-state index >= 15 is 0 Å². The Balaban J connectivity index is 2.09. The fraction of sp³-hybridized carbons (Fsp3) is 0.750. The van der Waals surface area contributed by atoms with Gasteiger partial charge in [0.1, 0.15) is 0 Å². The van der Waals surface area contributed by atoms with Gasteiger partial charge in [0.05, 0.1) is 6.20 Å². The maximum Gasteiger partial charge on any atom is 0.0625 e. The summed E-state index contributed by atoms with van der Waals surface area (Å²) >= 11 is 1.88. The fourth-order valence-electron chi connectivity index (χ4n) is 1.54. The van der Waals surface area contributed by atoms with Gasteiger partial charge in [0.2, 0.25) is 0 Å². The predicted molar refractivity (Wildman–Crippen MR) is 70.9 cm³/mol. The smallest absolute Gasteiger partial charge is 0.0625 e. The molecule has 0 saturated carbocycles. The van der Waals surface area contributed by atoms with Crippen LogP contribution in [0, 0.1) is 0 Å². The second-order valence-electron chi connectivity index (χ2n) is 4.19. The van der Waals surface area contributed by atoms with Gasteiger partial charge in [-0.2, -0.15) is 5.10 Å². The lowest BCUT2D eigenvalue weighted by Crippen LogP contribution is -2.23. The number of rotatable bonds is 8. The minimum Gasteiger partial charge on any atom is -0.316 e. The summed E-state index contributed by atoms with van der Waals surface area (Å²) in [5.74, 6) is 0. The third kappa shape index (κ3) is 5.56. The van der Waals surface area contributed by atoms with Crippen LogP contribution in [0.2, 0.25) is 0 Å². The third-order valence-electron chi connectivity index (χ3n) is 2.41. The van der Waals surface area contributed by atoms with E-state index in [1.54, 1.807) is 0 Å². The number of thioether (sulfide) groups is 1. The van der Waals surface area contributed by atoms with Gasteiger partial charge in [-0.25, -0.2) is 0 Å². The zero-order valence-corrected chi connectivity index (χ0v) is 11.4. The van der Waals surface area contributed by atoms with Crippen LogP contribution < -0.4 is 5.32 Å². The highest BCUT2D eigenvalue weighted by Gasteiger charge is 2.05. The van der Waals surface area contributed by atoms with Crippen molar-refractivity contribution in [2.45, 2.75) is 43.3 Å². The molecule has 0 aliphatic rings. The second kappa shape index (κ2) is 7.74. The number of aryl methyl sites for hydroxylation is 1. The standard InChI is InChI=1S/C12H23N3S/c1-4-5-6-7-13-8-11(2)16-12-9-14-15(3)10-12/h9-11,13H,4-8H2,1-3H3. The highest BCUT2D eigenvalue weighted by atomic mass is 32.2. The van der Waals surface area contributed by atoms with Crippen molar-refractivity contribution in [3.05, 3.63) is 12.4 Å². The summed E-state index contributed by atoms with van der Waals surface area (Å²) in [6.45, 7) is 6.71. The molecule has 1 heterocycles. The SMILES string of the molecule is CCCCCNCC(C)Sc1cnn(C)c1. The third-order valence-corrected chi connectivity index (χ3v) is 3.46. The average molecular weight is 241 g/mol. The van der Waals surface area contributed by atoms with Gasteiger partial charge in [-0.3, -0.25) is 4.68 Å². The molecule has 0 amide bonds. The molecule has 1 atom stereocenters. The molecule has 1 rings (SSSR count). The maximum absolute atomic E-state index is 4.17. The van der Waals surface area contributed by atoms with Crippen molar-refractivity contribution in [2.75, 3.05) is 13.1 Å². The van der Waals surface area contributed by atoms with Crippen molar-refractivity contribution in [3.8, 4) is 0 Å². The van der Waals surface area contributed by atoms with Crippen LogP contribution in [0.5, 0.6) is 0 Å². The molecule has 4 heteroatoms. The summed E-state index contributed by atoms with van der Waals surface area (Å²) in [6.07, 6.45) is 7.91. The second-order valence-corrected chi connectivity index (χ2v) is 5.70. The van der Waals surface area contributed by atoms with Crippen molar-refractivity contribution in [2.24, 2.45) is 7.05 Å². The number of nitrogens with one attached hydrogen (secondary N) is 1. The Bertz CT molecular complexity index is 286. The first-order chi connectivity index (χ1) is 7.72. The van der Waals surface area contributed by atoms with E-state index in [4.69, 9.17) is 0 Å². The first kappa shape index (κ1) is 13.6. The normalized spacial score (nSPS) is 12.9. The van der Waals surface area contributed by atoms with E-state index in [1.807, 2.05) is 29.7 Å². The number of hydrogen-bond acceptors (Lipinski definition) is 3. The van der Waals surface area contributed by atoms with Crippen LogP contribution in [-0.4, -0.2) is 28.1 Å². The summed E-state index contributed by atoms with van der Waals surface area (Å²) in [6, 6.07) is 0. The van der Waals surface area contributed by atoms with Crippen molar-refractivity contribution >= 4 is 11.8 Å². The van der Waals surface area contributed by atoms with Crippen LogP contribution in [0.25, 0.3) is 0 Å². The van der Waals surface area contributed by atoms with Gasteiger partial charge in [0, 0.05) is 29.9 Å². The number of aromatic nitrogens is 2. The van der Waals surface area contributed by atoms with Crippen molar-refractivity contribution in [1.82, 2.24) is 15.1 Å². The lowest BCUT2D eigenvalue weighted by Gasteiger charge is -2.10. The number of hydrogen-bond donors (Lipinski definition) is 1. The van der Waals surface area contributed by atoms with Crippen molar-refractivity contribution in [1.29, 1.82) is 0 Å². The Hall–Kier alpha value is -0.480. The highest BCUT2D eigenvalue weighted by molar-refractivity contribution is 8.00. The average Bonchev–Trinajstić information content (AvgIpc) is 2.63. The van der Waals surface area contributed by atoms with Gasteiger partial charge in [-0.15, -0.1) is 11.8 Å². The minimum atomic E-state index is 0.603. The lowest BCUT2D eigenvalue weighted by molar-refractivity contribution is 0.616. The highest BCUT2D eigenvalue weighted by Crippen LogP contribution is 2.21. The molecule has 0 radical (unpaired) electrons. The largest absolute Gasteiger partial charge is 0.316 e. The Morgan fingerprint density at radius 1 is 1.50 bits per heavy atom. The fourth-order valence-corrected chi connectivity index (χ4v) is 2.53. The molecule has 16 heavy (non-hydrogen) atoms. The molecule has 1 aromatic heterocycles. The van der Waals surface area contributed by atoms with E-state index < -0.39 is 0 Å². The topological polar surface area (TPSA) is 29.9 Å². The summed E-state index contributed by atoms with van der Waals surface area (Å²) in [7, 11) is 1.96. The van der Waals surface area contributed by atoms with E-state index in [1.165, 1.54) is 24.2 Å². The van der Waals surface area contributed by atoms with Gasteiger partial charge in [0.25, 0.3) is 0 Å². The van der Waals surface area contributed by atoms with E-state index in [2.05, 4.69) is 30.5 Å². The van der Waals surface area contributed by atoms with Crippen molar-refractivity contribution in [3.63, 3.8) is 0 Å². The molecule has 0 spiro atoms. The van der Waals surface area contributed by atoms with E-state index in [0.29, 0.717) is 5.25 Å². The van der Waals surface area contributed by atoms with E-state index in [-0.39, 0.29) is 0 Å². The van der Waals surface area contributed by atoms with Crippen LogP contribution in [0.1, 0.15) is 33.1 Å². The van der Waals surface area contributed by atoms with Gasteiger partial charge in [0.15, 0.2) is 0 Å². The van der Waals surface area contributed by atoms with Crippen LogP contribution in [0.4, 0.5) is 0 Å². The summed E-state index contributed by atoms with van der Waals surface area (Å²) < 4.78 is 1.85. The van der Waals surface area contributed by atoms with Gasteiger partial charge in [-0.05, 0) is 13.0 Å². The molecule has 1 aromatic rings. The monoisotopic (exact) mass is 241 g/mol. The van der Waals surface area contributed by atoms with Crippen LogP contribution in [0.15, 0.2) is 17.3 Å². The van der Waals surface area contributed by atoms with Crippen molar-refractivity contribution < 1.29 is 0 Å². The molecule has 1 unspecified atom stereocenters. The number of unbranched alkanes of at least 4 members (excludes halogenated alkanes) is 2. The Morgan fingerprint density at radius 2 is 2.31 bits per heavy atom. The molecule has 3 nitrogen and oxygen atoms in total. The Labute approximate surface area is 103 Å². The molecule has 92 valence electrons. The quantitative estimate of drug-likeness (QED) is 0.560. The summed E-state index contributed by atoms with van der Waals surface area (Å²) in [5.41, 5.74) is 0. The van der Waals surface area contributed by atoms with Gasteiger partial charge < -0.3 is 5.32 Å². The van der Waals surface area contributed by atoms with Crippen LogP contribution >= 0.6 is 11.8 Å². The molecule has 0 aliphatic heterocycles. The summed E-state index contributed by atoms with van der Waals surface area (Å²) in [5, 5.41) is 8.27. The van der Waals surface area contributed by atoms with Crippen LogP contribution in [-0.2, 0) is 7.05 Å². The molecule has 1 N–H and O–H groups in total. The number of nitrogens with zero attached hydrogens (tertiary/aromatic N) is 2. The molecule has 0 fully saturated rings. The van der Waals surface area contributed by atoms with Gasteiger partial charge in [-0.1, -0.05) is 26.7 Å². The molecular formula is C12H23N3S. The zero-order chi connectivity index (χ0) is 11.8. The first-order valence-electron chi connectivity index (χ1n) is 6.08. The Morgan fingerprint density at radius 3 is 2.94 bits per heavy atom. The molecular weight excluding hydrogens is 218 g/mol. The molecule has 0 bridgehead atoms. The first-order valence-corrected chi connectivity index (χ1v) is 6.96. The predicted octanol–water partition coefficient (Wildman–Crippen LogP) is 2.68. The lowest BCUT2D eigenvalue weighted by atomic mass is 10.2. The zero-order valence-electron chi connectivity index (χ0n) is 10.6.